The summed E-state index contributed by atoms with van der Waals surface area (Å²) < 4.78 is 14.0. The molecular weight excluding hydrogens is 303 g/mol. The molecule has 0 saturated carbocycles. The Labute approximate surface area is 134 Å². The van der Waals surface area contributed by atoms with Crippen molar-refractivity contribution in [2.45, 2.75) is 13.1 Å². The summed E-state index contributed by atoms with van der Waals surface area (Å²) in [4.78, 5) is 5.99. The van der Waals surface area contributed by atoms with Crippen molar-refractivity contribution in [2.75, 3.05) is 19.4 Å². The standard InChI is InChI=1S/C16H16ClFN4/c1-22(2)10-12-4-3-11(7-14(12)18)9-20-16-6-5-13(17)15(8-19)21-16/h3-7H,9-10H2,1-2H3,(H,20,21). The molecule has 2 rings (SSSR count). The number of hydrogen-bond donors (Lipinski definition) is 1. The predicted molar refractivity (Wildman–Crippen MR) is 85.1 cm³/mol. The molecule has 1 aromatic heterocycles. The van der Waals surface area contributed by atoms with E-state index >= 15 is 0 Å². The number of halogens is 2. The second-order valence-corrected chi connectivity index (χ2v) is 5.56. The maximum Gasteiger partial charge on any atom is 0.161 e. The van der Waals surface area contributed by atoms with E-state index in [1.807, 2.05) is 31.1 Å². The molecule has 0 aliphatic rings. The van der Waals surface area contributed by atoms with Crippen LogP contribution in [0, 0.1) is 17.1 Å². The lowest BCUT2D eigenvalue weighted by molar-refractivity contribution is 0.392. The maximum absolute atomic E-state index is 14.0. The van der Waals surface area contributed by atoms with Gasteiger partial charge < -0.3 is 10.2 Å². The third-order valence-electron chi connectivity index (χ3n) is 3.03. The molecule has 0 atom stereocenters. The van der Waals surface area contributed by atoms with Crippen LogP contribution < -0.4 is 5.32 Å². The van der Waals surface area contributed by atoms with Gasteiger partial charge in [0.25, 0.3) is 0 Å². The molecule has 6 heteroatoms. The summed E-state index contributed by atoms with van der Waals surface area (Å²) >= 11 is 5.83. The number of aromatic nitrogens is 1. The summed E-state index contributed by atoms with van der Waals surface area (Å²) in [5.74, 6) is 0.300. The number of nitriles is 1. The molecule has 114 valence electrons. The zero-order valence-corrected chi connectivity index (χ0v) is 13.2. The highest BCUT2D eigenvalue weighted by Gasteiger charge is 2.06. The van der Waals surface area contributed by atoms with Crippen molar-refractivity contribution >= 4 is 17.4 Å². The first-order valence-electron chi connectivity index (χ1n) is 6.72. The van der Waals surface area contributed by atoms with Crippen molar-refractivity contribution in [2.24, 2.45) is 0 Å². The molecule has 2 aromatic rings. The summed E-state index contributed by atoms with van der Waals surface area (Å²) in [7, 11) is 3.79. The van der Waals surface area contributed by atoms with E-state index < -0.39 is 0 Å². The van der Waals surface area contributed by atoms with Gasteiger partial charge >= 0.3 is 0 Å². The van der Waals surface area contributed by atoms with Crippen molar-refractivity contribution < 1.29 is 4.39 Å². The fourth-order valence-electron chi connectivity index (χ4n) is 1.98. The zero-order chi connectivity index (χ0) is 16.1. The first kappa shape index (κ1) is 16.2. The van der Waals surface area contributed by atoms with E-state index in [4.69, 9.17) is 16.9 Å². The topological polar surface area (TPSA) is 52.0 Å². The van der Waals surface area contributed by atoms with E-state index in [2.05, 4.69) is 10.3 Å². The Morgan fingerprint density at radius 3 is 2.73 bits per heavy atom. The molecule has 0 aliphatic carbocycles. The van der Waals surface area contributed by atoms with E-state index in [0.29, 0.717) is 29.5 Å². The van der Waals surface area contributed by atoms with Gasteiger partial charge in [-0.2, -0.15) is 5.26 Å². The van der Waals surface area contributed by atoms with Crippen LogP contribution in [0.1, 0.15) is 16.8 Å². The van der Waals surface area contributed by atoms with Gasteiger partial charge in [0, 0.05) is 18.7 Å². The van der Waals surface area contributed by atoms with E-state index in [9.17, 15) is 4.39 Å². The predicted octanol–water partition coefficient (Wildman–Crippen LogP) is 3.42. The van der Waals surface area contributed by atoms with Gasteiger partial charge in [-0.25, -0.2) is 9.37 Å². The van der Waals surface area contributed by atoms with Crippen molar-refractivity contribution in [1.82, 2.24) is 9.88 Å². The van der Waals surface area contributed by atoms with Gasteiger partial charge in [0.05, 0.1) is 5.02 Å². The molecule has 1 heterocycles. The molecule has 0 bridgehead atoms. The van der Waals surface area contributed by atoms with Crippen LogP contribution in [-0.4, -0.2) is 24.0 Å². The molecule has 22 heavy (non-hydrogen) atoms. The minimum Gasteiger partial charge on any atom is -0.366 e. The van der Waals surface area contributed by atoms with Crippen LogP contribution in [0.5, 0.6) is 0 Å². The smallest absolute Gasteiger partial charge is 0.161 e. The first-order valence-corrected chi connectivity index (χ1v) is 7.10. The molecular formula is C16H16ClFN4. The third-order valence-corrected chi connectivity index (χ3v) is 3.33. The molecule has 0 amide bonds. The molecule has 0 radical (unpaired) electrons. The number of pyridine rings is 1. The highest BCUT2D eigenvalue weighted by atomic mass is 35.5. The maximum atomic E-state index is 14.0. The van der Waals surface area contributed by atoms with Gasteiger partial charge in [-0.05, 0) is 37.9 Å². The summed E-state index contributed by atoms with van der Waals surface area (Å²) in [5.41, 5.74) is 1.62. The Kier molecular flexibility index (Phi) is 5.31. The van der Waals surface area contributed by atoms with Gasteiger partial charge in [-0.1, -0.05) is 23.7 Å². The molecule has 4 nitrogen and oxygen atoms in total. The van der Waals surface area contributed by atoms with Gasteiger partial charge in [-0.15, -0.1) is 0 Å². The van der Waals surface area contributed by atoms with Crippen molar-refractivity contribution in [3.63, 3.8) is 0 Å². The van der Waals surface area contributed by atoms with E-state index in [-0.39, 0.29) is 11.5 Å². The zero-order valence-electron chi connectivity index (χ0n) is 12.4. The summed E-state index contributed by atoms with van der Waals surface area (Å²) in [6, 6.07) is 10.4. The lowest BCUT2D eigenvalue weighted by Crippen LogP contribution is -2.12. The highest BCUT2D eigenvalue weighted by Crippen LogP contribution is 2.17. The second kappa shape index (κ2) is 7.21. The number of rotatable bonds is 5. The minimum absolute atomic E-state index is 0.166. The Balaban J connectivity index is 2.06. The number of anilines is 1. The van der Waals surface area contributed by atoms with Gasteiger partial charge in [-0.3, -0.25) is 0 Å². The quantitative estimate of drug-likeness (QED) is 0.917. The normalized spacial score (nSPS) is 10.5. The lowest BCUT2D eigenvalue weighted by Gasteiger charge is -2.12. The number of nitrogens with one attached hydrogen (secondary N) is 1. The lowest BCUT2D eigenvalue weighted by atomic mass is 10.1. The minimum atomic E-state index is -0.227. The van der Waals surface area contributed by atoms with Crippen molar-refractivity contribution in [1.29, 1.82) is 5.26 Å². The average Bonchev–Trinajstić information content (AvgIpc) is 2.48. The molecule has 0 saturated heterocycles. The monoisotopic (exact) mass is 318 g/mol. The van der Waals surface area contributed by atoms with Crippen LogP contribution >= 0.6 is 11.6 Å². The van der Waals surface area contributed by atoms with Gasteiger partial charge in [0.2, 0.25) is 0 Å². The van der Waals surface area contributed by atoms with Crippen LogP contribution in [0.25, 0.3) is 0 Å². The Hall–Kier alpha value is -2.16. The molecule has 0 unspecified atom stereocenters. The molecule has 1 aromatic carbocycles. The average molecular weight is 319 g/mol. The Morgan fingerprint density at radius 2 is 2.09 bits per heavy atom. The number of nitrogens with zero attached hydrogens (tertiary/aromatic N) is 3. The third kappa shape index (κ3) is 4.17. The SMILES string of the molecule is CN(C)Cc1ccc(CNc2ccc(Cl)c(C#N)n2)cc1F. The van der Waals surface area contributed by atoms with Crippen molar-refractivity contribution in [3.05, 3.63) is 58.0 Å². The van der Waals surface area contributed by atoms with Gasteiger partial charge in [0.1, 0.15) is 17.7 Å². The molecule has 1 N–H and O–H groups in total. The van der Waals surface area contributed by atoms with Gasteiger partial charge in [0.15, 0.2) is 5.69 Å². The molecule has 0 aliphatic heterocycles. The van der Waals surface area contributed by atoms with Crippen molar-refractivity contribution in [3.8, 4) is 6.07 Å². The highest BCUT2D eigenvalue weighted by molar-refractivity contribution is 6.31. The molecule has 0 fully saturated rings. The second-order valence-electron chi connectivity index (χ2n) is 5.16. The van der Waals surface area contributed by atoms with Crippen LogP contribution in [0.4, 0.5) is 10.2 Å². The summed E-state index contributed by atoms with van der Waals surface area (Å²) in [5, 5.41) is 12.3. The summed E-state index contributed by atoms with van der Waals surface area (Å²) in [6.07, 6.45) is 0. The van der Waals surface area contributed by atoms with E-state index in [0.717, 1.165) is 5.56 Å². The fourth-order valence-corrected chi connectivity index (χ4v) is 2.13. The van der Waals surface area contributed by atoms with E-state index in [1.54, 1.807) is 18.2 Å². The molecule has 0 spiro atoms. The largest absolute Gasteiger partial charge is 0.366 e. The number of benzene rings is 1. The summed E-state index contributed by atoms with van der Waals surface area (Å²) in [6.45, 7) is 0.975. The number of hydrogen-bond acceptors (Lipinski definition) is 4. The fraction of sp³-hybridized carbons (Fsp3) is 0.250. The Bertz CT molecular complexity index is 710. The van der Waals surface area contributed by atoms with Crippen LogP contribution in [-0.2, 0) is 13.1 Å². The Morgan fingerprint density at radius 1 is 1.32 bits per heavy atom. The first-order chi connectivity index (χ1) is 10.5. The van der Waals surface area contributed by atoms with Crippen LogP contribution in [0.2, 0.25) is 5.02 Å². The van der Waals surface area contributed by atoms with Crippen LogP contribution in [0.3, 0.4) is 0 Å². The van der Waals surface area contributed by atoms with Crippen LogP contribution in [0.15, 0.2) is 30.3 Å². The van der Waals surface area contributed by atoms with E-state index in [1.165, 1.54) is 6.07 Å².